The van der Waals surface area contributed by atoms with Gasteiger partial charge in [-0.25, -0.2) is 0 Å². The zero-order valence-corrected chi connectivity index (χ0v) is 14.8. The molecule has 3 rings (SSSR count). The molecule has 2 aromatic carbocycles. The van der Waals surface area contributed by atoms with Gasteiger partial charge in [0.05, 0.1) is 29.9 Å². The Balaban J connectivity index is 1.89. The lowest BCUT2D eigenvalue weighted by Crippen LogP contribution is -2.12. The Hall–Kier alpha value is -4.48. The lowest BCUT2D eigenvalue weighted by atomic mass is 10.2. The third-order valence-electron chi connectivity index (χ3n) is 3.65. The fourth-order valence-electron chi connectivity index (χ4n) is 2.37. The number of hydrogen-bond donors (Lipinski definition) is 2. The number of nitrogens with zero attached hydrogens (tertiary/aromatic N) is 3. The zero-order chi connectivity index (χ0) is 21.0. The van der Waals surface area contributed by atoms with Gasteiger partial charge in [-0.2, -0.15) is 0 Å². The molecular weight excluding hydrogens is 386 g/mol. The standard InChI is InChI=1S/C17H13N5O7/c1-28-14-4-2-3-5-15(14)29-12-7-10(6-11(8-12)21(24)25)18-17(23)13-9-16(20-19-13)22(26)27/h2-9H,1H3,(H,18,23)(H,19,20). The first-order valence-electron chi connectivity index (χ1n) is 7.99. The molecule has 0 fully saturated rings. The number of nitrogens with one attached hydrogen (secondary N) is 2. The summed E-state index contributed by atoms with van der Waals surface area (Å²) in [5.41, 5.74) is -0.545. The maximum atomic E-state index is 12.3. The van der Waals surface area contributed by atoms with Crippen LogP contribution in [0, 0.1) is 20.2 Å². The van der Waals surface area contributed by atoms with Crippen molar-refractivity contribution in [1.29, 1.82) is 0 Å². The first kappa shape index (κ1) is 19.3. The Bertz CT molecular complexity index is 1100. The molecule has 0 aliphatic carbocycles. The molecule has 0 spiro atoms. The molecule has 0 saturated heterocycles. The van der Waals surface area contributed by atoms with Gasteiger partial charge in [0.15, 0.2) is 17.2 Å². The van der Waals surface area contributed by atoms with Crippen molar-refractivity contribution in [3.05, 3.63) is 74.5 Å². The highest BCUT2D eigenvalue weighted by Gasteiger charge is 2.19. The predicted octanol–water partition coefficient (Wildman–Crippen LogP) is 3.28. The summed E-state index contributed by atoms with van der Waals surface area (Å²) in [4.78, 5) is 32.8. The number of nitro benzene ring substituents is 1. The normalized spacial score (nSPS) is 10.2. The Labute approximate surface area is 162 Å². The molecule has 1 aromatic heterocycles. The van der Waals surface area contributed by atoms with Crippen LogP contribution in [-0.4, -0.2) is 33.1 Å². The Morgan fingerprint density at radius 3 is 2.41 bits per heavy atom. The summed E-state index contributed by atoms with van der Waals surface area (Å²) in [6.45, 7) is 0. The van der Waals surface area contributed by atoms with Gasteiger partial charge in [-0.15, -0.1) is 5.10 Å². The highest BCUT2D eigenvalue weighted by atomic mass is 16.6. The van der Waals surface area contributed by atoms with Gasteiger partial charge in [0.25, 0.3) is 11.6 Å². The van der Waals surface area contributed by atoms with E-state index < -0.39 is 21.6 Å². The van der Waals surface area contributed by atoms with Crippen LogP contribution >= 0.6 is 0 Å². The number of nitro groups is 2. The fraction of sp³-hybridized carbons (Fsp3) is 0.0588. The van der Waals surface area contributed by atoms with Crippen LogP contribution in [0.4, 0.5) is 17.2 Å². The number of carbonyl (C=O) groups is 1. The van der Waals surface area contributed by atoms with Crippen LogP contribution in [0.2, 0.25) is 0 Å². The first-order valence-corrected chi connectivity index (χ1v) is 7.99. The van der Waals surface area contributed by atoms with E-state index in [4.69, 9.17) is 9.47 Å². The van der Waals surface area contributed by atoms with Gasteiger partial charge < -0.3 is 24.9 Å². The Kier molecular flexibility index (Phi) is 5.35. The number of aromatic amines is 1. The van der Waals surface area contributed by atoms with E-state index in [2.05, 4.69) is 15.5 Å². The molecule has 29 heavy (non-hydrogen) atoms. The van der Waals surface area contributed by atoms with Crippen molar-refractivity contribution < 1.29 is 24.1 Å². The summed E-state index contributed by atoms with van der Waals surface area (Å²) >= 11 is 0. The third-order valence-corrected chi connectivity index (χ3v) is 3.65. The molecule has 0 radical (unpaired) electrons. The van der Waals surface area contributed by atoms with E-state index in [0.717, 1.165) is 12.1 Å². The zero-order valence-electron chi connectivity index (χ0n) is 14.8. The number of para-hydroxylation sites is 2. The second kappa shape index (κ2) is 8.04. The van der Waals surface area contributed by atoms with Gasteiger partial charge in [-0.3, -0.25) is 14.9 Å². The second-order valence-electron chi connectivity index (χ2n) is 5.58. The molecular formula is C17H13N5O7. The quantitative estimate of drug-likeness (QED) is 0.451. The van der Waals surface area contributed by atoms with Gasteiger partial charge in [0.2, 0.25) is 0 Å². The van der Waals surface area contributed by atoms with Crippen molar-refractivity contribution in [2.45, 2.75) is 0 Å². The van der Waals surface area contributed by atoms with Gasteiger partial charge in [-0.05, 0) is 17.1 Å². The summed E-state index contributed by atoms with van der Waals surface area (Å²) in [5, 5.41) is 30.0. The van der Waals surface area contributed by atoms with Crippen LogP contribution in [0.1, 0.15) is 10.5 Å². The molecule has 2 N–H and O–H groups in total. The fourth-order valence-corrected chi connectivity index (χ4v) is 2.37. The minimum Gasteiger partial charge on any atom is -0.493 e. The number of methoxy groups -OCH3 is 1. The number of carbonyl (C=O) groups excluding carboxylic acids is 1. The number of rotatable bonds is 7. The molecule has 0 aliphatic rings. The SMILES string of the molecule is COc1ccccc1Oc1cc(NC(=O)c2cc([N+](=O)[O-])[nH]n2)cc([N+](=O)[O-])c1. The van der Waals surface area contributed by atoms with E-state index in [0.29, 0.717) is 11.5 Å². The summed E-state index contributed by atoms with van der Waals surface area (Å²) in [5.74, 6) is -0.455. The number of anilines is 1. The summed E-state index contributed by atoms with van der Waals surface area (Å²) < 4.78 is 10.8. The molecule has 1 heterocycles. The molecule has 148 valence electrons. The van der Waals surface area contributed by atoms with Crippen LogP contribution < -0.4 is 14.8 Å². The van der Waals surface area contributed by atoms with Crippen LogP contribution in [-0.2, 0) is 0 Å². The molecule has 0 aliphatic heterocycles. The Morgan fingerprint density at radius 2 is 1.79 bits per heavy atom. The Morgan fingerprint density at radius 1 is 1.07 bits per heavy atom. The minimum atomic E-state index is -0.793. The van der Waals surface area contributed by atoms with E-state index in [1.54, 1.807) is 24.3 Å². The monoisotopic (exact) mass is 399 g/mol. The van der Waals surface area contributed by atoms with E-state index in [1.165, 1.54) is 19.2 Å². The second-order valence-corrected chi connectivity index (χ2v) is 5.58. The van der Waals surface area contributed by atoms with Crippen molar-refractivity contribution in [3.8, 4) is 17.2 Å². The number of aromatic nitrogens is 2. The van der Waals surface area contributed by atoms with Gasteiger partial charge >= 0.3 is 5.82 Å². The molecule has 0 unspecified atom stereocenters. The van der Waals surface area contributed by atoms with Crippen LogP contribution in [0.25, 0.3) is 0 Å². The van der Waals surface area contributed by atoms with Crippen molar-refractivity contribution in [2.75, 3.05) is 12.4 Å². The van der Waals surface area contributed by atoms with Crippen molar-refractivity contribution in [2.24, 2.45) is 0 Å². The highest BCUT2D eigenvalue weighted by molar-refractivity contribution is 6.03. The smallest absolute Gasteiger partial charge is 0.343 e. The van der Waals surface area contributed by atoms with Gasteiger partial charge in [0, 0.05) is 12.1 Å². The molecule has 0 atom stereocenters. The average Bonchev–Trinajstić information content (AvgIpc) is 3.19. The summed E-state index contributed by atoms with van der Waals surface area (Å²) in [6.07, 6.45) is 0. The van der Waals surface area contributed by atoms with E-state index in [1.807, 2.05) is 0 Å². The maximum Gasteiger partial charge on any atom is 0.343 e. The van der Waals surface area contributed by atoms with Crippen molar-refractivity contribution >= 4 is 23.1 Å². The van der Waals surface area contributed by atoms with E-state index in [9.17, 15) is 25.0 Å². The molecule has 0 saturated carbocycles. The highest BCUT2D eigenvalue weighted by Crippen LogP contribution is 2.34. The minimum absolute atomic E-state index is 0.0414. The lowest BCUT2D eigenvalue weighted by Gasteiger charge is -2.11. The van der Waals surface area contributed by atoms with Crippen molar-refractivity contribution in [3.63, 3.8) is 0 Å². The van der Waals surface area contributed by atoms with Crippen molar-refractivity contribution in [1.82, 2.24) is 10.2 Å². The molecule has 1 amide bonds. The van der Waals surface area contributed by atoms with Crippen LogP contribution in [0.5, 0.6) is 17.2 Å². The first-order chi connectivity index (χ1) is 13.9. The predicted molar refractivity (Wildman–Crippen MR) is 99.4 cm³/mol. The van der Waals surface area contributed by atoms with Gasteiger partial charge in [-0.1, -0.05) is 17.2 Å². The average molecular weight is 399 g/mol. The molecule has 12 heteroatoms. The number of ether oxygens (including phenoxy) is 2. The summed E-state index contributed by atoms with van der Waals surface area (Å²) in [6, 6.07) is 11.3. The van der Waals surface area contributed by atoms with Gasteiger partial charge in [0.1, 0.15) is 5.75 Å². The largest absolute Gasteiger partial charge is 0.493 e. The molecule has 3 aromatic rings. The number of benzene rings is 2. The van der Waals surface area contributed by atoms with E-state index >= 15 is 0 Å². The molecule has 12 nitrogen and oxygen atoms in total. The topological polar surface area (TPSA) is 163 Å². The summed E-state index contributed by atoms with van der Waals surface area (Å²) in [7, 11) is 1.45. The maximum absolute atomic E-state index is 12.3. The number of hydrogen-bond acceptors (Lipinski definition) is 8. The molecule has 0 bridgehead atoms. The third kappa shape index (κ3) is 4.44. The number of H-pyrrole nitrogens is 1. The van der Waals surface area contributed by atoms with Crippen LogP contribution in [0.3, 0.4) is 0 Å². The lowest BCUT2D eigenvalue weighted by molar-refractivity contribution is -0.389. The van der Waals surface area contributed by atoms with E-state index in [-0.39, 0.29) is 22.8 Å². The number of non-ortho nitro benzene ring substituents is 1. The van der Waals surface area contributed by atoms with Crippen LogP contribution in [0.15, 0.2) is 48.5 Å². The number of amides is 1.